The normalized spacial score (nSPS) is 12.3. The average molecular weight is 319 g/mol. The van der Waals surface area contributed by atoms with E-state index in [1.54, 1.807) is 11.8 Å². The Balaban J connectivity index is 3.23. The van der Waals surface area contributed by atoms with E-state index in [-0.39, 0.29) is 0 Å². The van der Waals surface area contributed by atoms with E-state index < -0.39 is 12.1 Å². The van der Waals surface area contributed by atoms with Crippen LogP contribution in [0.25, 0.3) is 0 Å². The van der Waals surface area contributed by atoms with E-state index in [1.807, 2.05) is 6.26 Å². The summed E-state index contributed by atoms with van der Waals surface area (Å²) in [4.78, 5) is 11.4. The van der Waals surface area contributed by atoms with Crippen molar-refractivity contribution in [3.63, 3.8) is 0 Å². The van der Waals surface area contributed by atoms with Crippen molar-refractivity contribution in [1.29, 1.82) is 0 Å². The molecule has 0 amide bonds. The highest BCUT2D eigenvalue weighted by atomic mass is 32.2. The topological polar surface area (TPSA) is 46.5 Å². The number of esters is 1. The smallest absolute Gasteiger partial charge is 0.334 e. The third-order valence-corrected chi connectivity index (χ3v) is 4.25. The van der Waals surface area contributed by atoms with Gasteiger partial charge in [-0.25, -0.2) is 4.79 Å². The molecular weight excluding hydrogens is 284 g/mol. The zero-order valence-corrected chi connectivity index (χ0v) is 14.8. The second kappa shape index (κ2) is 16.2. The molecule has 0 fully saturated rings. The lowest BCUT2D eigenvalue weighted by Gasteiger charge is -2.09. The zero-order chi connectivity index (χ0) is 15.8. The second-order valence-corrected chi connectivity index (χ2v) is 6.63. The van der Waals surface area contributed by atoms with Crippen LogP contribution in [0.2, 0.25) is 0 Å². The molecule has 0 aromatic rings. The maximum absolute atomic E-state index is 11.4. The number of rotatable bonds is 15. The van der Waals surface area contributed by atoms with Crippen molar-refractivity contribution in [3.8, 4) is 0 Å². The van der Waals surface area contributed by atoms with Gasteiger partial charge in [0.15, 0.2) is 6.10 Å². The summed E-state index contributed by atoms with van der Waals surface area (Å²) in [5.74, 6) is 0.328. The lowest BCUT2D eigenvalue weighted by Crippen LogP contribution is -2.24. The summed E-state index contributed by atoms with van der Waals surface area (Å²) in [6.45, 7) is 2.69. The molecule has 3 nitrogen and oxygen atoms in total. The lowest BCUT2D eigenvalue weighted by molar-refractivity contribution is -0.153. The molecule has 21 heavy (non-hydrogen) atoms. The highest BCUT2D eigenvalue weighted by Crippen LogP contribution is 2.10. The summed E-state index contributed by atoms with van der Waals surface area (Å²) in [5, 5.41) is 9.52. The molecule has 126 valence electrons. The molecular formula is C17H34O3S. The average Bonchev–Trinajstić information content (AvgIpc) is 2.49. The van der Waals surface area contributed by atoms with Crippen molar-refractivity contribution in [3.05, 3.63) is 0 Å². The van der Waals surface area contributed by atoms with E-state index >= 15 is 0 Å². The van der Waals surface area contributed by atoms with Crippen LogP contribution in [-0.4, -0.2) is 35.8 Å². The number of carbonyl (C=O) groups is 1. The summed E-state index contributed by atoms with van der Waals surface area (Å²) in [6.07, 6.45) is 14.2. The van der Waals surface area contributed by atoms with Crippen molar-refractivity contribution >= 4 is 17.7 Å². The molecule has 0 saturated carbocycles. The van der Waals surface area contributed by atoms with Gasteiger partial charge in [0.1, 0.15) is 0 Å². The van der Waals surface area contributed by atoms with Crippen molar-refractivity contribution in [2.24, 2.45) is 0 Å². The third kappa shape index (κ3) is 14.5. The standard InChI is InChI=1S/C17H34O3S/c1-3-4-5-6-7-8-9-10-11-12-14-20-17(19)16(18)13-15-21-2/h16,18H,3-15H2,1-2H3. The first-order valence-electron chi connectivity index (χ1n) is 8.56. The van der Waals surface area contributed by atoms with Gasteiger partial charge in [-0.3, -0.25) is 0 Å². The number of aliphatic hydroxyl groups is 1. The summed E-state index contributed by atoms with van der Waals surface area (Å²) >= 11 is 1.63. The van der Waals surface area contributed by atoms with Crippen LogP contribution in [0.3, 0.4) is 0 Å². The lowest BCUT2D eigenvalue weighted by atomic mass is 10.1. The number of carbonyl (C=O) groups excluding carboxylic acids is 1. The molecule has 0 saturated heterocycles. The number of thioether (sulfide) groups is 1. The Labute approximate surface area is 135 Å². The molecule has 0 spiro atoms. The fourth-order valence-electron chi connectivity index (χ4n) is 2.21. The van der Waals surface area contributed by atoms with E-state index in [2.05, 4.69) is 6.92 Å². The van der Waals surface area contributed by atoms with Crippen LogP contribution in [0, 0.1) is 0 Å². The van der Waals surface area contributed by atoms with Crippen LogP contribution in [-0.2, 0) is 9.53 Å². The molecule has 0 aliphatic carbocycles. The third-order valence-electron chi connectivity index (χ3n) is 3.61. The maximum atomic E-state index is 11.4. The van der Waals surface area contributed by atoms with Gasteiger partial charge in [-0.2, -0.15) is 11.8 Å². The van der Waals surface area contributed by atoms with Gasteiger partial charge in [-0.05, 0) is 24.9 Å². The first-order valence-corrected chi connectivity index (χ1v) is 9.95. The number of ether oxygens (including phenoxy) is 1. The monoisotopic (exact) mass is 318 g/mol. The first kappa shape index (κ1) is 20.8. The van der Waals surface area contributed by atoms with Gasteiger partial charge in [0, 0.05) is 0 Å². The van der Waals surface area contributed by atoms with Gasteiger partial charge in [0.25, 0.3) is 0 Å². The van der Waals surface area contributed by atoms with Crippen LogP contribution in [0.1, 0.15) is 77.6 Å². The molecule has 1 N–H and O–H groups in total. The van der Waals surface area contributed by atoms with E-state index in [4.69, 9.17) is 4.74 Å². The van der Waals surface area contributed by atoms with E-state index in [1.165, 1.54) is 51.4 Å². The Morgan fingerprint density at radius 2 is 1.52 bits per heavy atom. The van der Waals surface area contributed by atoms with E-state index in [9.17, 15) is 9.90 Å². The van der Waals surface area contributed by atoms with Gasteiger partial charge < -0.3 is 9.84 Å². The van der Waals surface area contributed by atoms with Crippen molar-refractivity contribution in [2.75, 3.05) is 18.6 Å². The van der Waals surface area contributed by atoms with Crippen molar-refractivity contribution < 1.29 is 14.6 Å². The Kier molecular flexibility index (Phi) is 16.0. The molecule has 0 aromatic carbocycles. The maximum Gasteiger partial charge on any atom is 0.334 e. The van der Waals surface area contributed by atoms with Crippen LogP contribution in [0.4, 0.5) is 0 Å². The number of hydrogen-bond donors (Lipinski definition) is 1. The molecule has 1 atom stereocenters. The quantitative estimate of drug-likeness (QED) is 0.355. The SMILES string of the molecule is CCCCCCCCCCCCOC(=O)C(O)CCSC. The van der Waals surface area contributed by atoms with E-state index in [0.29, 0.717) is 13.0 Å². The Bertz CT molecular complexity index is 234. The molecule has 0 aliphatic rings. The summed E-state index contributed by atoms with van der Waals surface area (Å²) < 4.78 is 5.07. The molecule has 0 rings (SSSR count). The molecule has 1 unspecified atom stereocenters. The fraction of sp³-hybridized carbons (Fsp3) is 0.941. The molecule has 0 heterocycles. The van der Waals surface area contributed by atoms with Gasteiger partial charge in [-0.1, -0.05) is 64.7 Å². The Morgan fingerprint density at radius 1 is 1.00 bits per heavy atom. The summed E-state index contributed by atoms with van der Waals surface area (Å²) in [5.41, 5.74) is 0. The zero-order valence-electron chi connectivity index (χ0n) is 13.9. The molecule has 4 heteroatoms. The van der Waals surface area contributed by atoms with Gasteiger partial charge in [0.05, 0.1) is 6.61 Å². The largest absolute Gasteiger partial charge is 0.464 e. The second-order valence-electron chi connectivity index (χ2n) is 5.65. The predicted octanol–water partition coefficient (Wildman–Crippen LogP) is 4.56. The van der Waals surface area contributed by atoms with Crippen molar-refractivity contribution in [1.82, 2.24) is 0 Å². The van der Waals surface area contributed by atoms with Crippen LogP contribution in [0.15, 0.2) is 0 Å². The summed E-state index contributed by atoms with van der Waals surface area (Å²) in [6, 6.07) is 0. The summed E-state index contributed by atoms with van der Waals surface area (Å²) in [7, 11) is 0. The fourth-order valence-corrected chi connectivity index (χ4v) is 2.66. The van der Waals surface area contributed by atoms with Crippen LogP contribution in [0.5, 0.6) is 0 Å². The first-order chi connectivity index (χ1) is 10.2. The Hall–Kier alpha value is -0.220. The highest BCUT2D eigenvalue weighted by Gasteiger charge is 2.15. The minimum atomic E-state index is -0.944. The van der Waals surface area contributed by atoms with Crippen LogP contribution >= 0.6 is 11.8 Å². The Morgan fingerprint density at radius 3 is 2.05 bits per heavy atom. The molecule has 0 aliphatic heterocycles. The van der Waals surface area contributed by atoms with Gasteiger partial charge in [0.2, 0.25) is 0 Å². The number of hydrogen-bond acceptors (Lipinski definition) is 4. The van der Waals surface area contributed by atoms with Crippen molar-refractivity contribution in [2.45, 2.75) is 83.7 Å². The molecule has 0 bridgehead atoms. The molecule has 0 aromatic heterocycles. The van der Waals surface area contributed by atoms with Gasteiger partial charge >= 0.3 is 5.97 Å². The van der Waals surface area contributed by atoms with E-state index in [0.717, 1.165) is 18.6 Å². The minimum Gasteiger partial charge on any atom is -0.464 e. The predicted molar refractivity (Wildman–Crippen MR) is 91.8 cm³/mol. The molecule has 0 radical (unpaired) electrons. The highest BCUT2D eigenvalue weighted by molar-refractivity contribution is 7.98. The number of unbranched alkanes of at least 4 members (excludes halogenated alkanes) is 9. The minimum absolute atomic E-state index is 0.450. The van der Waals surface area contributed by atoms with Crippen LogP contribution < -0.4 is 0 Å². The van der Waals surface area contributed by atoms with Gasteiger partial charge in [-0.15, -0.1) is 0 Å². The number of aliphatic hydroxyl groups excluding tert-OH is 1.